The van der Waals surface area contributed by atoms with E-state index < -0.39 is 44.2 Å². The quantitative estimate of drug-likeness (QED) is 0.0658. The zero-order valence-corrected chi connectivity index (χ0v) is 31.3. The molecule has 0 spiro atoms. The molecular formula is C17H47N11O17Ru2S2+10. The number of rotatable bonds is 3. The van der Waals surface area contributed by atoms with E-state index in [1.807, 2.05) is 0 Å². The first-order valence-corrected chi connectivity index (χ1v) is 11.1. The van der Waals surface area contributed by atoms with Crippen molar-refractivity contribution in [2.75, 3.05) is 14.1 Å². The molecule has 0 aromatic heterocycles. The second-order valence-electron chi connectivity index (χ2n) is 5.86. The van der Waals surface area contributed by atoms with Crippen molar-refractivity contribution in [2.24, 2.45) is 0 Å². The molecule has 0 aliphatic heterocycles. The summed E-state index contributed by atoms with van der Waals surface area (Å²) in [6, 6.07) is 6.33. The Morgan fingerprint density at radius 2 is 0.735 bits per heavy atom. The fourth-order valence-corrected chi connectivity index (χ4v) is 1.39. The van der Waals surface area contributed by atoms with Crippen LogP contribution in [0.4, 0.5) is 0 Å². The number of hydrogen-bond donors (Lipinski definition) is 14. The maximum absolute atomic E-state index is 10.2. The van der Waals surface area contributed by atoms with Crippen molar-refractivity contribution in [3.8, 4) is 23.0 Å². The molecule has 0 saturated carbocycles. The van der Waals surface area contributed by atoms with Crippen LogP contribution in [0.1, 0.15) is 20.7 Å². The maximum atomic E-state index is 10.2. The predicted octanol–water partition coefficient (Wildman–Crippen LogP) is -2.43. The van der Waals surface area contributed by atoms with Gasteiger partial charge in [-0.05, 0) is 24.3 Å². The normalized spacial score (nSPS) is 7.31. The fourth-order valence-electron chi connectivity index (χ4n) is 1.39. The van der Waals surface area contributed by atoms with Crippen LogP contribution in [0.25, 0.3) is 0 Å². The Labute approximate surface area is 308 Å². The summed E-state index contributed by atoms with van der Waals surface area (Å²) >= 11 is 0. The fraction of sp³-hybridized carbons (Fsp3) is 0.118. The van der Waals surface area contributed by atoms with Gasteiger partial charge in [-0.25, -0.2) is 0 Å². The Balaban J connectivity index is -0.0000000223. The first-order valence-electron chi connectivity index (χ1n) is 8.41. The molecule has 0 unspecified atom stereocenters. The molecule has 49 heavy (non-hydrogen) atoms. The maximum Gasteiger partial charge on any atom is 8.00 e. The van der Waals surface area contributed by atoms with Crippen molar-refractivity contribution in [3.63, 3.8) is 0 Å². The zero-order valence-electron chi connectivity index (χ0n) is 26.2. The Morgan fingerprint density at radius 1 is 0.571 bits per heavy atom. The molecule has 0 saturated heterocycles. The monoisotopic (exact) mass is 945 g/mol. The minimum Gasteiger partial charge on any atom is -0.759 e. The van der Waals surface area contributed by atoms with Gasteiger partial charge < -0.3 is 125 Å². The molecule has 32 heteroatoms. The van der Waals surface area contributed by atoms with Crippen molar-refractivity contribution < 1.29 is 119 Å². The largest absolute Gasteiger partial charge is 8.00 e. The van der Waals surface area contributed by atoms with Crippen LogP contribution in [0, 0.1) is 0 Å². The molecule has 2 aromatic rings. The summed E-state index contributed by atoms with van der Waals surface area (Å²) in [4.78, 5) is 31.2. The van der Waals surface area contributed by atoms with Crippen LogP contribution in [-0.2, 0) is 64.5 Å². The number of amides is 1. The summed E-state index contributed by atoms with van der Waals surface area (Å²) in [5.41, 5.74) is -0.661. The van der Waals surface area contributed by atoms with Crippen LogP contribution in [0.3, 0.4) is 0 Å². The SMILES string of the molecule is CN(C)C=O.N.N.N.N.N.N.N.N.N.N.O=C([O-])c1ccc(O)cc1O.O=C([O-])c1ccc(O)cc1O.O=S(=O)([O-])[O-].O=S(=O)([O-])[O-].[Ru+8].[Ru+8]. The Bertz CT molecular complexity index is 1180. The van der Waals surface area contributed by atoms with Crippen molar-refractivity contribution in [3.05, 3.63) is 47.5 Å². The smallest absolute Gasteiger partial charge is 0.759 e. The minimum absolute atomic E-state index is 0. The number of hydrogen-bond acceptors (Lipinski definition) is 27. The summed E-state index contributed by atoms with van der Waals surface area (Å²) in [5, 5.41) is 55.6. The third-order valence-electron chi connectivity index (χ3n) is 2.61. The molecule has 1 amide bonds. The van der Waals surface area contributed by atoms with Gasteiger partial charge in [0.1, 0.15) is 23.0 Å². The third kappa shape index (κ3) is 76.2. The number of carbonyl (C=O) groups is 3. The van der Waals surface area contributed by atoms with E-state index in [0.717, 1.165) is 42.8 Å². The van der Waals surface area contributed by atoms with Crippen molar-refractivity contribution >= 4 is 39.1 Å². The number of aromatic carboxylic acids is 2. The first-order chi connectivity index (χ1) is 16.5. The van der Waals surface area contributed by atoms with E-state index in [1.165, 1.54) is 4.90 Å². The number of carboxylic acids is 2. The number of carboxylic acid groups (broad SMARTS) is 2. The number of carbonyl (C=O) groups excluding carboxylic acids is 3. The molecule has 28 nitrogen and oxygen atoms in total. The Kier molecular flexibility index (Phi) is 92.4. The van der Waals surface area contributed by atoms with Crippen LogP contribution in [0.5, 0.6) is 23.0 Å². The van der Waals surface area contributed by atoms with Crippen LogP contribution < -0.4 is 71.7 Å². The van der Waals surface area contributed by atoms with Crippen molar-refractivity contribution in [1.29, 1.82) is 0 Å². The molecule has 2 rings (SSSR count). The van der Waals surface area contributed by atoms with E-state index in [4.69, 9.17) is 55.5 Å². The average molecular weight is 944 g/mol. The van der Waals surface area contributed by atoms with Crippen LogP contribution in [0.15, 0.2) is 36.4 Å². The molecule has 0 atom stereocenters. The van der Waals surface area contributed by atoms with Gasteiger partial charge in [0.25, 0.3) is 0 Å². The Hall–Kier alpha value is -3.36. The minimum atomic E-state index is -5.17. The van der Waals surface area contributed by atoms with Crippen LogP contribution in [0.2, 0.25) is 0 Å². The number of phenols is 4. The summed E-state index contributed by atoms with van der Waals surface area (Å²) in [5.74, 6) is -4.31. The van der Waals surface area contributed by atoms with E-state index >= 15 is 0 Å². The molecule has 0 aliphatic rings. The van der Waals surface area contributed by atoms with Gasteiger partial charge in [0, 0.05) is 58.2 Å². The molecular weight excluding hydrogens is 897 g/mol. The molecule has 0 aliphatic carbocycles. The van der Waals surface area contributed by atoms with E-state index in [0.29, 0.717) is 0 Å². The van der Waals surface area contributed by atoms with Gasteiger partial charge in [0.05, 0.1) is 11.9 Å². The summed E-state index contributed by atoms with van der Waals surface area (Å²) in [6.07, 6.45) is 0.750. The van der Waals surface area contributed by atoms with Crippen LogP contribution in [-0.4, -0.2) is 92.8 Å². The number of aromatic hydroxyl groups is 4. The van der Waals surface area contributed by atoms with Crippen molar-refractivity contribution in [2.45, 2.75) is 0 Å². The number of nitrogens with zero attached hydrogens (tertiary/aromatic N) is 1. The second kappa shape index (κ2) is 46.8. The standard InChI is InChI=1S/2C7H6O4.C3H7NO.10H3N.2H2O4S.2Ru/c2*8-4-1-2-5(7(10)11)6(9)3-4;1-4(2)3-5;;;;;;;;;;;2*1-5(2,3)4;;/h2*1-3,8-9H,(H,10,11);3H,1-2H3;10*1H3;2*(H2,1,2,3,4);;/q;;;;;;;;;;;;;;;2*+8/p-6. The number of phenolic OH excluding ortho intramolecular Hbond substituents is 2. The zero-order chi connectivity index (χ0) is 30.1. The van der Waals surface area contributed by atoms with Gasteiger partial charge in [-0.1, -0.05) is 0 Å². The summed E-state index contributed by atoms with van der Waals surface area (Å²) in [7, 11) is -6.96. The van der Waals surface area contributed by atoms with E-state index in [-0.39, 0.29) is 123 Å². The molecule has 0 bridgehead atoms. The summed E-state index contributed by atoms with van der Waals surface area (Å²) < 4.78 is 68.2. The van der Waals surface area contributed by atoms with Crippen LogP contribution >= 0.6 is 0 Å². The molecule has 0 fully saturated rings. The molecule has 290 valence electrons. The van der Waals surface area contributed by atoms with Crippen molar-refractivity contribution in [1.82, 2.24) is 66.4 Å². The van der Waals surface area contributed by atoms with Gasteiger partial charge in [-0.2, -0.15) is 0 Å². The summed E-state index contributed by atoms with van der Waals surface area (Å²) in [6.45, 7) is 0. The van der Waals surface area contributed by atoms with Gasteiger partial charge in [0.2, 0.25) is 6.41 Å². The third-order valence-corrected chi connectivity index (χ3v) is 2.61. The van der Waals surface area contributed by atoms with E-state index in [2.05, 4.69) is 0 Å². The van der Waals surface area contributed by atoms with Gasteiger partial charge in [-0.15, -0.1) is 0 Å². The molecule has 34 N–H and O–H groups in total. The van der Waals surface area contributed by atoms with Gasteiger partial charge in [0.15, 0.2) is 0 Å². The topological polar surface area (TPSA) is 692 Å². The molecule has 2 aromatic carbocycles. The Morgan fingerprint density at radius 3 is 0.837 bits per heavy atom. The van der Waals surface area contributed by atoms with Gasteiger partial charge >= 0.3 is 39.0 Å². The number of benzene rings is 2. The molecule has 0 heterocycles. The average Bonchev–Trinajstić information content (AvgIpc) is 2.65. The molecule has 0 radical (unpaired) electrons. The second-order valence-corrected chi connectivity index (χ2v) is 7.50. The van der Waals surface area contributed by atoms with E-state index in [9.17, 15) is 24.6 Å². The van der Waals surface area contributed by atoms with E-state index in [1.54, 1.807) is 14.1 Å². The predicted molar refractivity (Wildman–Crippen MR) is 159 cm³/mol. The first kappa shape index (κ1) is 96.9. The van der Waals surface area contributed by atoms with Gasteiger partial charge in [-0.3, -0.25) is 21.6 Å².